The van der Waals surface area contributed by atoms with Crippen molar-refractivity contribution in [2.45, 2.75) is 77.7 Å². The van der Waals surface area contributed by atoms with Crippen molar-refractivity contribution in [2.24, 2.45) is 0 Å². The summed E-state index contributed by atoms with van der Waals surface area (Å²) in [6.07, 6.45) is 17.1. The predicted molar refractivity (Wildman–Crippen MR) is 91.5 cm³/mol. The molecule has 1 amide bonds. The van der Waals surface area contributed by atoms with Crippen LogP contribution >= 0.6 is 0 Å². The van der Waals surface area contributed by atoms with Crippen molar-refractivity contribution in [2.75, 3.05) is 6.54 Å². The molecule has 3 nitrogen and oxygen atoms in total. The first-order valence-corrected chi connectivity index (χ1v) is 9.03. The molecule has 0 bridgehead atoms. The van der Waals surface area contributed by atoms with E-state index in [1.807, 2.05) is 35.2 Å². The number of carbonyl (C=O) groups is 1. The number of amides is 1. The number of nitrogens with one attached hydrogen (secondary N) is 1. The molecule has 1 aromatic rings. The van der Waals surface area contributed by atoms with Crippen LogP contribution in [0.5, 0.6) is 0 Å². The molecule has 132 valence electrons. The summed E-state index contributed by atoms with van der Waals surface area (Å²) in [7, 11) is 0. The number of nitrogens with zero attached hydrogens (tertiary/aromatic N) is 1. The average molecular weight is 341 g/mol. The molecule has 23 heavy (non-hydrogen) atoms. The molecule has 0 unspecified atom stereocenters. The minimum atomic E-state index is 0. The lowest BCUT2D eigenvalue weighted by molar-refractivity contribution is -0.684. The Morgan fingerprint density at radius 2 is 1.35 bits per heavy atom. The Balaban J connectivity index is 0.00000484. The number of hydrogen-bond donors (Lipinski definition) is 1. The molecule has 0 aromatic carbocycles. The first kappa shape index (κ1) is 21.9. The Labute approximate surface area is 148 Å². The summed E-state index contributed by atoms with van der Waals surface area (Å²) >= 11 is 0. The summed E-state index contributed by atoms with van der Waals surface area (Å²) in [5.41, 5.74) is 0. The minimum Gasteiger partial charge on any atom is -1.00 e. The fourth-order valence-electron chi connectivity index (χ4n) is 2.60. The molecule has 0 spiro atoms. The van der Waals surface area contributed by atoms with Gasteiger partial charge in [-0.2, -0.15) is 4.57 Å². The van der Waals surface area contributed by atoms with Crippen LogP contribution in [0, 0.1) is 0 Å². The van der Waals surface area contributed by atoms with Gasteiger partial charge in [-0.05, 0) is 6.42 Å². The van der Waals surface area contributed by atoms with E-state index >= 15 is 0 Å². The van der Waals surface area contributed by atoms with E-state index in [9.17, 15) is 4.79 Å². The van der Waals surface area contributed by atoms with Crippen molar-refractivity contribution in [3.8, 4) is 0 Å². The van der Waals surface area contributed by atoms with Crippen LogP contribution in [0.1, 0.15) is 71.1 Å². The van der Waals surface area contributed by atoms with E-state index < -0.39 is 0 Å². The van der Waals surface area contributed by atoms with Gasteiger partial charge < -0.3 is 17.7 Å². The summed E-state index contributed by atoms with van der Waals surface area (Å²) in [4.78, 5) is 11.7. The highest BCUT2D eigenvalue weighted by atomic mass is 35.5. The van der Waals surface area contributed by atoms with Crippen LogP contribution in [0.15, 0.2) is 30.6 Å². The molecule has 4 heteroatoms. The lowest BCUT2D eigenvalue weighted by Gasteiger charge is -2.04. The molecule has 1 rings (SSSR count). The molecule has 0 aliphatic carbocycles. The number of halogens is 1. The lowest BCUT2D eigenvalue weighted by atomic mass is 10.1. The quantitative estimate of drug-likeness (QED) is 0.422. The third kappa shape index (κ3) is 13.1. The van der Waals surface area contributed by atoms with Gasteiger partial charge in [0.2, 0.25) is 6.54 Å². The van der Waals surface area contributed by atoms with Crippen molar-refractivity contribution in [1.82, 2.24) is 5.32 Å². The predicted octanol–water partition coefficient (Wildman–Crippen LogP) is 1.02. The lowest BCUT2D eigenvalue weighted by Crippen LogP contribution is -3.00. The normalized spacial score (nSPS) is 10.1. The Hall–Kier alpha value is -1.09. The van der Waals surface area contributed by atoms with Crippen molar-refractivity contribution >= 4 is 5.91 Å². The van der Waals surface area contributed by atoms with Crippen molar-refractivity contribution in [3.63, 3.8) is 0 Å². The van der Waals surface area contributed by atoms with E-state index in [1.54, 1.807) is 0 Å². The summed E-state index contributed by atoms with van der Waals surface area (Å²) < 4.78 is 1.90. The second-order valence-corrected chi connectivity index (χ2v) is 6.08. The maximum Gasteiger partial charge on any atom is 0.285 e. The Morgan fingerprint density at radius 1 is 0.826 bits per heavy atom. The number of aromatic nitrogens is 1. The van der Waals surface area contributed by atoms with Gasteiger partial charge in [0.05, 0.1) is 0 Å². The van der Waals surface area contributed by atoms with E-state index in [4.69, 9.17) is 0 Å². The maximum absolute atomic E-state index is 11.7. The SMILES string of the molecule is CCCCCCCCCCCCNC(=O)C[n+]1ccccc1.[Cl-]. The van der Waals surface area contributed by atoms with E-state index in [-0.39, 0.29) is 18.3 Å². The van der Waals surface area contributed by atoms with Crippen molar-refractivity contribution < 1.29 is 21.8 Å². The van der Waals surface area contributed by atoms with Crippen LogP contribution in [0.2, 0.25) is 0 Å². The molecule has 0 fully saturated rings. The molecule has 1 heterocycles. The van der Waals surface area contributed by atoms with E-state index in [0.717, 1.165) is 13.0 Å². The third-order valence-electron chi connectivity index (χ3n) is 3.96. The van der Waals surface area contributed by atoms with E-state index in [0.29, 0.717) is 6.54 Å². The highest BCUT2D eigenvalue weighted by Gasteiger charge is 2.06. The number of hydrogen-bond acceptors (Lipinski definition) is 1. The van der Waals surface area contributed by atoms with Gasteiger partial charge in [0.25, 0.3) is 5.91 Å². The molecular formula is C19H33ClN2O. The monoisotopic (exact) mass is 340 g/mol. The van der Waals surface area contributed by atoms with Crippen LogP contribution in [-0.4, -0.2) is 12.5 Å². The van der Waals surface area contributed by atoms with Crippen molar-refractivity contribution in [1.29, 1.82) is 0 Å². The molecule has 0 radical (unpaired) electrons. The van der Waals surface area contributed by atoms with Gasteiger partial charge in [0, 0.05) is 18.7 Å². The van der Waals surface area contributed by atoms with Crippen LogP contribution in [0.3, 0.4) is 0 Å². The molecule has 1 aromatic heterocycles. The van der Waals surface area contributed by atoms with Gasteiger partial charge in [-0.3, -0.25) is 4.79 Å². The van der Waals surface area contributed by atoms with Gasteiger partial charge in [0.15, 0.2) is 12.4 Å². The highest BCUT2D eigenvalue weighted by Crippen LogP contribution is 2.10. The number of unbranched alkanes of at least 4 members (excludes halogenated alkanes) is 9. The first-order valence-electron chi connectivity index (χ1n) is 9.03. The van der Waals surface area contributed by atoms with E-state index in [1.165, 1.54) is 57.8 Å². The van der Waals surface area contributed by atoms with Crippen LogP contribution in [0.25, 0.3) is 0 Å². The topological polar surface area (TPSA) is 33.0 Å². The first-order chi connectivity index (χ1) is 10.8. The van der Waals surface area contributed by atoms with Gasteiger partial charge in [-0.1, -0.05) is 70.8 Å². The smallest absolute Gasteiger partial charge is 0.285 e. The fourth-order valence-corrected chi connectivity index (χ4v) is 2.60. The number of rotatable bonds is 13. The zero-order valence-electron chi connectivity index (χ0n) is 14.6. The largest absolute Gasteiger partial charge is 1.00 e. The third-order valence-corrected chi connectivity index (χ3v) is 3.96. The second kappa shape index (κ2) is 15.8. The van der Waals surface area contributed by atoms with Gasteiger partial charge in [-0.25, -0.2) is 0 Å². The Kier molecular flexibility index (Phi) is 15.0. The Morgan fingerprint density at radius 3 is 1.91 bits per heavy atom. The fraction of sp³-hybridized carbons (Fsp3) is 0.684. The summed E-state index contributed by atoms with van der Waals surface area (Å²) in [5.74, 6) is 0.104. The molecule has 0 atom stereocenters. The van der Waals surface area contributed by atoms with Crippen LogP contribution < -0.4 is 22.3 Å². The highest BCUT2D eigenvalue weighted by molar-refractivity contribution is 5.74. The standard InChI is InChI=1S/C19H32N2O.ClH/c1-2-3-4-5-6-7-8-9-10-12-15-20-19(22)18-21-16-13-11-14-17-21;/h11,13-14,16-17H,2-10,12,15,18H2,1H3;1H. The molecule has 0 aliphatic rings. The summed E-state index contributed by atoms with van der Waals surface area (Å²) in [6.45, 7) is 3.48. The summed E-state index contributed by atoms with van der Waals surface area (Å²) in [5, 5.41) is 3.00. The van der Waals surface area contributed by atoms with Crippen molar-refractivity contribution in [3.05, 3.63) is 30.6 Å². The van der Waals surface area contributed by atoms with E-state index in [2.05, 4.69) is 12.2 Å². The minimum absolute atomic E-state index is 0. The number of pyridine rings is 1. The molecule has 0 aliphatic heterocycles. The van der Waals surface area contributed by atoms with Crippen LogP contribution in [0.4, 0.5) is 0 Å². The molecule has 0 saturated heterocycles. The number of carbonyl (C=O) groups excluding carboxylic acids is 1. The molecule has 0 saturated carbocycles. The molecular weight excluding hydrogens is 308 g/mol. The second-order valence-electron chi connectivity index (χ2n) is 6.08. The molecule has 1 N–H and O–H groups in total. The zero-order valence-corrected chi connectivity index (χ0v) is 15.4. The van der Waals surface area contributed by atoms with Gasteiger partial charge >= 0.3 is 0 Å². The van der Waals surface area contributed by atoms with Gasteiger partial charge in [0.1, 0.15) is 0 Å². The maximum atomic E-state index is 11.7. The zero-order chi connectivity index (χ0) is 15.9. The van der Waals surface area contributed by atoms with Gasteiger partial charge in [-0.15, -0.1) is 0 Å². The average Bonchev–Trinajstić information content (AvgIpc) is 2.53. The Bertz CT molecular complexity index is 384. The summed E-state index contributed by atoms with van der Waals surface area (Å²) in [6, 6.07) is 5.84. The van der Waals surface area contributed by atoms with Crippen LogP contribution in [-0.2, 0) is 11.3 Å².